The molecule has 15 heavy (non-hydrogen) atoms. The molecule has 5 heteroatoms. The third-order valence-corrected chi connectivity index (χ3v) is 3.08. The minimum atomic E-state index is -0.376. The molecule has 0 unspecified atom stereocenters. The number of thioether (sulfide) groups is 1. The van der Waals surface area contributed by atoms with Gasteiger partial charge in [-0.25, -0.2) is 0 Å². The van der Waals surface area contributed by atoms with Crippen LogP contribution in [-0.4, -0.2) is 21.5 Å². The highest BCUT2D eigenvalue weighted by molar-refractivity contribution is 8.15. The lowest BCUT2D eigenvalue weighted by Crippen LogP contribution is -2.25. The molecule has 0 aliphatic carbocycles. The Morgan fingerprint density at radius 2 is 2.20 bits per heavy atom. The molecule has 1 aromatic carbocycles. The van der Waals surface area contributed by atoms with Crippen LogP contribution in [0.4, 0.5) is 4.79 Å². The highest BCUT2D eigenvalue weighted by atomic mass is 32.2. The van der Waals surface area contributed by atoms with Gasteiger partial charge in [0.05, 0.1) is 5.25 Å². The fourth-order valence-electron chi connectivity index (χ4n) is 1.43. The molecule has 1 saturated heterocycles. The minimum absolute atomic E-state index is 0.169. The molecule has 1 heterocycles. The molecule has 0 bridgehead atoms. The van der Waals surface area contributed by atoms with Gasteiger partial charge in [-0.1, -0.05) is 23.9 Å². The molecule has 4 nitrogen and oxygen atoms in total. The van der Waals surface area contributed by atoms with Gasteiger partial charge in [0.15, 0.2) is 0 Å². The number of benzene rings is 1. The highest BCUT2D eigenvalue weighted by Gasteiger charge is 2.31. The Balaban J connectivity index is 2.09. The van der Waals surface area contributed by atoms with Crippen molar-refractivity contribution in [1.29, 1.82) is 0 Å². The van der Waals surface area contributed by atoms with Gasteiger partial charge in [-0.2, -0.15) is 0 Å². The molecule has 0 aromatic heterocycles. The normalized spacial score (nSPS) is 20.4. The van der Waals surface area contributed by atoms with Gasteiger partial charge in [0, 0.05) is 0 Å². The average Bonchev–Trinajstić information content (AvgIpc) is 2.45. The van der Waals surface area contributed by atoms with Crippen LogP contribution in [0.25, 0.3) is 0 Å². The van der Waals surface area contributed by atoms with Crippen molar-refractivity contribution in [2.45, 2.75) is 11.7 Å². The molecule has 2 amide bonds. The number of carbonyl (C=O) groups is 2. The molecule has 0 saturated carbocycles. The first kappa shape index (κ1) is 10.0. The molecule has 0 spiro atoms. The van der Waals surface area contributed by atoms with Crippen molar-refractivity contribution in [3.63, 3.8) is 0 Å². The summed E-state index contributed by atoms with van der Waals surface area (Å²) in [6.07, 6.45) is 0.455. The first-order valence-electron chi connectivity index (χ1n) is 4.44. The van der Waals surface area contributed by atoms with Crippen molar-refractivity contribution in [3.05, 3.63) is 29.8 Å². The lowest BCUT2D eigenvalue weighted by Gasteiger charge is -2.04. The molecule has 2 rings (SSSR count). The van der Waals surface area contributed by atoms with Gasteiger partial charge in [0.1, 0.15) is 5.75 Å². The van der Waals surface area contributed by atoms with E-state index in [0.717, 1.165) is 17.3 Å². The van der Waals surface area contributed by atoms with E-state index in [1.54, 1.807) is 18.2 Å². The third-order valence-electron chi connectivity index (χ3n) is 2.10. The number of nitrogens with one attached hydrogen (secondary N) is 1. The molecule has 1 aliphatic rings. The quantitative estimate of drug-likeness (QED) is 0.792. The highest BCUT2D eigenvalue weighted by Crippen LogP contribution is 2.23. The van der Waals surface area contributed by atoms with E-state index < -0.39 is 0 Å². The number of amides is 2. The van der Waals surface area contributed by atoms with Crippen LogP contribution < -0.4 is 5.32 Å². The Labute approximate surface area is 90.7 Å². The molecule has 0 radical (unpaired) electrons. The number of phenols is 1. The van der Waals surface area contributed by atoms with Crippen molar-refractivity contribution < 1.29 is 14.7 Å². The number of phenolic OH excluding ortho intramolecular Hbond substituents is 1. The summed E-state index contributed by atoms with van der Waals surface area (Å²) < 4.78 is 0. The van der Waals surface area contributed by atoms with Gasteiger partial charge >= 0.3 is 0 Å². The molecule has 1 aromatic rings. The summed E-state index contributed by atoms with van der Waals surface area (Å²) in [4.78, 5) is 22.2. The van der Waals surface area contributed by atoms with E-state index >= 15 is 0 Å². The second kappa shape index (κ2) is 3.94. The van der Waals surface area contributed by atoms with Gasteiger partial charge in [0.2, 0.25) is 5.91 Å². The first-order valence-corrected chi connectivity index (χ1v) is 5.32. The number of carbonyl (C=O) groups excluding carboxylic acids is 2. The summed E-state index contributed by atoms with van der Waals surface area (Å²) in [5.74, 6) is -0.0874. The summed E-state index contributed by atoms with van der Waals surface area (Å²) in [7, 11) is 0. The fourth-order valence-corrected chi connectivity index (χ4v) is 2.28. The van der Waals surface area contributed by atoms with E-state index in [9.17, 15) is 14.7 Å². The molecule has 1 aliphatic heterocycles. The van der Waals surface area contributed by atoms with Crippen LogP contribution in [0.2, 0.25) is 0 Å². The van der Waals surface area contributed by atoms with Crippen LogP contribution in [0.5, 0.6) is 5.75 Å². The molecule has 2 N–H and O–H groups in total. The van der Waals surface area contributed by atoms with Crippen LogP contribution in [0.1, 0.15) is 5.56 Å². The zero-order chi connectivity index (χ0) is 10.8. The number of aromatic hydroxyl groups is 1. The van der Waals surface area contributed by atoms with E-state index in [4.69, 9.17) is 0 Å². The van der Waals surface area contributed by atoms with E-state index in [-0.39, 0.29) is 22.1 Å². The smallest absolute Gasteiger partial charge is 0.286 e. The zero-order valence-electron chi connectivity index (χ0n) is 7.77. The Morgan fingerprint density at radius 1 is 1.40 bits per heavy atom. The SMILES string of the molecule is O=C1NC(=O)[C@@H](Cc2cccc(O)c2)S1. The van der Waals surface area contributed by atoms with E-state index in [1.165, 1.54) is 0 Å². The molecule has 1 fully saturated rings. The van der Waals surface area contributed by atoms with Gasteiger partial charge in [-0.05, 0) is 24.1 Å². The van der Waals surface area contributed by atoms with Gasteiger partial charge < -0.3 is 5.11 Å². The third kappa shape index (κ3) is 2.30. The fraction of sp³-hybridized carbons (Fsp3) is 0.200. The predicted octanol–water partition coefficient (Wildman–Crippen LogP) is 1.29. The first-order chi connectivity index (χ1) is 7.15. The summed E-state index contributed by atoms with van der Waals surface area (Å²) in [5.41, 5.74) is 0.845. The Morgan fingerprint density at radius 3 is 2.80 bits per heavy atom. The van der Waals surface area contributed by atoms with Gasteiger partial charge in [-0.3, -0.25) is 14.9 Å². The largest absolute Gasteiger partial charge is 0.508 e. The molecule has 1 atom stereocenters. The van der Waals surface area contributed by atoms with Crippen molar-refractivity contribution in [3.8, 4) is 5.75 Å². The molecular formula is C10H9NO3S. The molecular weight excluding hydrogens is 214 g/mol. The summed E-state index contributed by atoms with van der Waals surface area (Å²) in [6, 6.07) is 6.69. The predicted molar refractivity (Wildman–Crippen MR) is 56.7 cm³/mol. The van der Waals surface area contributed by atoms with E-state index in [2.05, 4.69) is 5.32 Å². The van der Waals surface area contributed by atoms with Crippen LogP contribution >= 0.6 is 11.8 Å². The monoisotopic (exact) mass is 223 g/mol. The zero-order valence-corrected chi connectivity index (χ0v) is 8.58. The second-order valence-electron chi connectivity index (χ2n) is 3.26. The van der Waals surface area contributed by atoms with Crippen molar-refractivity contribution in [2.75, 3.05) is 0 Å². The van der Waals surface area contributed by atoms with Crippen LogP contribution in [0.15, 0.2) is 24.3 Å². The van der Waals surface area contributed by atoms with E-state index in [0.29, 0.717) is 6.42 Å². The standard InChI is InChI=1S/C10H9NO3S/c12-7-3-1-2-6(4-7)5-8-9(13)11-10(14)15-8/h1-4,8,12H,5H2,(H,11,13,14)/t8-/m1/s1. The Bertz CT molecular complexity index is 419. The maximum absolute atomic E-state index is 11.3. The van der Waals surface area contributed by atoms with E-state index in [1.807, 2.05) is 6.07 Å². The summed E-state index contributed by atoms with van der Waals surface area (Å²) in [5, 5.41) is 10.8. The topological polar surface area (TPSA) is 66.4 Å². The van der Waals surface area contributed by atoms with Crippen LogP contribution in [0, 0.1) is 0 Å². The maximum Gasteiger partial charge on any atom is 0.286 e. The lowest BCUT2D eigenvalue weighted by atomic mass is 10.1. The van der Waals surface area contributed by atoms with Crippen molar-refractivity contribution in [1.82, 2.24) is 5.32 Å². The number of rotatable bonds is 2. The summed E-state index contributed by atoms with van der Waals surface area (Å²) >= 11 is 0.993. The minimum Gasteiger partial charge on any atom is -0.508 e. The average molecular weight is 223 g/mol. The number of hydrogen-bond donors (Lipinski definition) is 2. The Kier molecular flexibility index (Phi) is 2.64. The summed E-state index contributed by atoms with van der Waals surface area (Å²) in [6.45, 7) is 0. The maximum atomic E-state index is 11.3. The number of imide groups is 1. The van der Waals surface area contributed by atoms with Crippen molar-refractivity contribution >= 4 is 22.9 Å². The second-order valence-corrected chi connectivity index (χ2v) is 4.43. The Hall–Kier alpha value is -1.49. The van der Waals surface area contributed by atoms with Crippen LogP contribution in [-0.2, 0) is 11.2 Å². The van der Waals surface area contributed by atoms with Crippen molar-refractivity contribution in [2.24, 2.45) is 0 Å². The number of hydrogen-bond acceptors (Lipinski definition) is 4. The van der Waals surface area contributed by atoms with Gasteiger partial charge in [0.25, 0.3) is 5.24 Å². The van der Waals surface area contributed by atoms with Gasteiger partial charge in [-0.15, -0.1) is 0 Å². The molecule has 78 valence electrons. The van der Waals surface area contributed by atoms with Crippen LogP contribution in [0.3, 0.4) is 0 Å². The lowest BCUT2D eigenvalue weighted by molar-refractivity contribution is -0.118.